The van der Waals surface area contributed by atoms with Crippen molar-refractivity contribution in [1.29, 1.82) is 0 Å². The molecule has 0 atom stereocenters. The van der Waals surface area contributed by atoms with E-state index in [1.165, 1.54) is 24.8 Å². The van der Waals surface area contributed by atoms with Gasteiger partial charge in [-0.2, -0.15) is 0 Å². The van der Waals surface area contributed by atoms with E-state index in [9.17, 15) is 4.79 Å². The van der Waals surface area contributed by atoms with Crippen LogP contribution in [-0.4, -0.2) is 30.4 Å². The molecule has 1 aromatic rings. The molecule has 2 rings (SSSR count). The number of halogens is 1. The molecule has 0 bridgehead atoms. The summed E-state index contributed by atoms with van der Waals surface area (Å²) in [6.07, 6.45) is 4.77. The maximum Gasteiger partial charge on any atom is 0.238 e. The van der Waals surface area contributed by atoms with Gasteiger partial charge in [-0.3, -0.25) is 9.69 Å². The van der Waals surface area contributed by atoms with Gasteiger partial charge in [0.2, 0.25) is 5.91 Å². The van der Waals surface area contributed by atoms with Crippen LogP contribution in [0.3, 0.4) is 0 Å². The molecule has 0 radical (unpaired) electrons. The second kappa shape index (κ2) is 8.18. The Balaban J connectivity index is 0.00000180. The Kier molecular flexibility index (Phi) is 6.89. The fraction of sp³-hybridized carbons (Fsp3) is 0.533. The molecule has 1 aromatic carbocycles. The zero-order valence-corrected chi connectivity index (χ0v) is 12.3. The number of aryl methyl sites for hydroxylation is 1. The quantitative estimate of drug-likeness (QED) is 0.920. The van der Waals surface area contributed by atoms with Gasteiger partial charge in [-0.25, -0.2) is 0 Å². The molecule has 0 unspecified atom stereocenters. The molecule has 4 heteroatoms. The van der Waals surface area contributed by atoms with Gasteiger partial charge >= 0.3 is 0 Å². The molecule has 1 heterocycles. The number of likely N-dealkylation sites (tertiary alicyclic amines) is 1. The third kappa shape index (κ3) is 5.21. The van der Waals surface area contributed by atoms with E-state index in [1.54, 1.807) is 0 Å². The molecule has 19 heavy (non-hydrogen) atoms. The van der Waals surface area contributed by atoms with Gasteiger partial charge in [0.15, 0.2) is 0 Å². The van der Waals surface area contributed by atoms with Gasteiger partial charge in [0, 0.05) is 5.69 Å². The van der Waals surface area contributed by atoms with Crippen LogP contribution in [0.25, 0.3) is 0 Å². The van der Waals surface area contributed by atoms with E-state index < -0.39 is 0 Å². The van der Waals surface area contributed by atoms with Crippen LogP contribution < -0.4 is 5.32 Å². The highest BCUT2D eigenvalue weighted by Crippen LogP contribution is 2.11. The maximum atomic E-state index is 11.9. The number of carbonyl (C=O) groups is 1. The third-order valence-electron chi connectivity index (χ3n) is 3.46. The molecule has 1 amide bonds. The predicted octanol–water partition coefficient (Wildman–Crippen LogP) is 3.10. The van der Waals surface area contributed by atoms with Crippen LogP contribution in [0.15, 0.2) is 24.3 Å². The minimum atomic E-state index is 0. The van der Waals surface area contributed by atoms with E-state index >= 15 is 0 Å². The summed E-state index contributed by atoms with van der Waals surface area (Å²) in [5.41, 5.74) is 2.19. The molecule has 1 saturated heterocycles. The van der Waals surface area contributed by atoms with Crippen molar-refractivity contribution < 1.29 is 4.79 Å². The summed E-state index contributed by atoms with van der Waals surface area (Å²) in [5, 5.41) is 2.96. The lowest BCUT2D eigenvalue weighted by atomic mass is 10.1. The second-order valence-electron chi connectivity index (χ2n) is 4.94. The standard InChI is InChI=1S/C15H22N2O.ClH/c1-2-13-6-8-14(9-7-13)16-15(18)12-17-10-4-3-5-11-17;/h6-9H,2-5,10-12H2,1H3,(H,16,18);1H. The monoisotopic (exact) mass is 282 g/mol. The lowest BCUT2D eigenvalue weighted by Gasteiger charge is -2.25. The van der Waals surface area contributed by atoms with Crippen molar-refractivity contribution in [3.63, 3.8) is 0 Å². The largest absolute Gasteiger partial charge is 0.325 e. The third-order valence-corrected chi connectivity index (χ3v) is 3.46. The molecule has 106 valence electrons. The number of nitrogens with one attached hydrogen (secondary N) is 1. The van der Waals surface area contributed by atoms with Gasteiger partial charge in [-0.05, 0) is 50.0 Å². The van der Waals surface area contributed by atoms with Crippen LogP contribution in [0.2, 0.25) is 0 Å². The van der Waals surface area contributed by atoms with Crippen molar-refractivity contribution in [2.45, 2.75) is 32.6 Å². The Bertz CT molecular complexity index is 386. The van der Waals surface area contributed by atoms with Gasteiger partial charge in [0.1, 0.15) is 0 Å². The van der Waals surface area contributed by atoms with Gasteiger partial charge in [0.25, 0.3) is 0 Å². The van der Waals surface area contributed by atoms with E-state index in [4.69, 9.17) is 0 Å². The minimum absolute atomic E-state index is 0. The number of carbonyl (C=O) groups excluding carboxylic acids is 1. The summed E-state index contributed by atoms with van der Waals surface area (Å²) < 4.78 is 0. The Morgan fingerprint density at radius 1 is 1.16 bits per heavy atom. The van der Waals surface area contributed by atoms with Crippen LogP contribution in [0, 0.1) is 0 Å². The molecule has 3 nitrogen and oxygen atoms in total. The average Bonchev–Trinajstić information content (AvgIpc) is 2.40. The van der Waals surface area contributed by atoms with E-state index in [0.29, 0.717) is 6.54 Å². The van der Waals surface area contributed by atoms with E-state index in [0.717, 1.165) is 25.2 Å². The van der Waals surface area contributed by atoms with Gasteiger partial charge < -0.3 is 5.32 Å². The number of rotatable bonds is 4. The molecular formula is C15H23ClN2O. The summed E-state index contributed by atoms with van der Waals surface area (Å²) in [7, 11) is 0. The summed E-state index contributed by atoms with van der Waals surface area (Å²) in [5.74, 6) is 0.0983. The fourth-order valence-electron chi connectivity index (χ4n) is 2.34. The molecule has 0 aliphatic carbocycles. The van der Waals surface area contributed by atoms with Crippen LogP contribution in [0.5, 0.6) is 0 Å². The van der Waals surface area contributed by atoms with Crippen molar-refractivity contribution in [3.8, 4) is 0 Å². The number of hydrogen-bond donors (Lipinski definition) is 1. The molecule has 1 fully saturated rings. The number of hydrogen-bond acceptors (Lipinski definition) is 2. The first kappa shape index (κ1) is 16.0. The van der Waals surface area contributed by atoms with Crippen LogP contribution in [0.4, 0.5) is 5.69 Å². The number of amides is 1. The highest BCUT2D eigenvalue weighted by atomic mass is 35.5. The van der Waals surface area contributed by atoms with Crippen molar-refractivity contribution in [1.82, 2.24) is 4.90 Å². The van der Waals surface area contributed by atoms with Crippen LogP contribution in [0.1, 0.15) is 31.7 Å². The molecule has 0 aromatic heterocycles. The van der Waals surface area contributed by atoms with Gasteiger partial charge in [-0.15, -0.1) is 12.4 Å². The minimum Gasteiger partial charge on any atom is -0.325 e. The zero-order valence-electron chi connectivity index (χ0n) is 11.5. The Hall–Kier alpha value is -1.06. The predicted molar refractivity (Wildman–Crippen MR) is 82.0 cm³/mol. The van der Waals surface area contributed by atoms with Crippen molar-refractivity contribution >= 4 is 24.0 Å². The summed E-state index contributed by atoms with van der Waals surface area (Å²) in [4.78, 5) is 14.1. The van der Waals surface area contributed by atoms with Crippen LogP contribution in [-0.2, 0) is 11.2 Å². The van der Waals surface area contributed by atoms with Crippen molar-refractivity contribution in [2.24, 2.45) is 0 Å². The van der Waals surface area contributed by atoms with E-state index in [2.05, 4.69) is 29.3 Å². The van der Waals surface area contributed by atoms with Gasteiger partial charge in [0.05, 0.1) is 6.54 Å². The highest BCUT2D eigenvalue weighted by Gasteiger charge is 2.13. The van der Waals surface area contributed by atoms with E-state index in [-0.39, 0.29) is 18.3 Å². The second-order valence-corrected chi connectivity index (χ2v) is 4.94. The highest BCUT2D eigenvalue weighted by molar-refractivity contribution is 5.92. The maximum absolute atomic E-state index is 11.9. The normalized spacial score (nSPS) is 15.6. The Morgan fingerprint density at radius 3 is 2.37 bits per heavy atom. The van der Waals surface area contributed by atoms with Crippen LogP contribution >= 0.6 is 12.4 Å². The number of anilines is 1. The molecular weight excluding hydrogens is 260 g/mol. The molecule has 1 N–H and O–H groups in total. The molecule has 1 aliphatic heterocycles. The lowest BCUT2D eigenvalue weighted by molar-refractivity contribution is -0.117. The average molecular weight is 283 g/mol. The SMILES string of the molecule is CCc1ccc(NC(=O)CN2CCCCC2)cc1.Cl. The first-order chi connectivity index (χ1) is 8.78. The smallest absolute Gasteiger partial charge is 0.238 e. The topological polar surface area (TPSA) is 32.3 Å². The first-order valence-corrected chi connectivity index (χ1v) is 6.89. The van der Waals surface area contributed by atoms with E-state index in [1.807, 2.05) is 12.1 Å². The Labute approximate surface area is 121 Å². The lowest BCUT2D eigenvalue weighted by Crippen LogP contribution is -2.36. The Morgan fingerprint density at radius 2 is 1.79 bits per heavy atom. The summed E-state index contributed by atoms with van der Waals surface area (Å²) in [6, 6.07) is 8.09. The molecule has 0 saturated carbocycles. The number of nitrogens with zero attached hydrogens (tertiary/aromatic N) is 1. The van der Waals surface area contributed by atoms with Gasteiger partial charge in [-0.1, -0.05) is 25.5 Å². The summed E-state index contributed by atoms with van der Waals surface area (Å²) in [6.45, 7) is 4.77. The first-order valence-electron chi connectivity index (χ1n) is 6.89. The number of piperidine rings is 1. The molecule has 0 spiro atoms. The molecule has 1 aliphatic rings. The number of benzene rings is 1. The van der Waals surface area contributed by atoms with Crippen molar-refractivity contribution in [3.05, 3.63) is 29.8 Å². The fourth-order valence-corrected chi connectivity index (χ4v) is 2.34. The zero-order chi connectivity index (χ0) is 12.8. The summed E-state index contributed by atoms with van der Waals surface area (Å²) >= 11 is 0. The van der Waals surface area contributed by atoms with Crippen molar-refractivity contribution in [2.75, 3.05) is 25.0 Å².